The lowest BCUT2D eigenvalue weighted by Gasteiger charge is -2.35. The molecule has 0 aromatic carbocycles. The lowest BCUT2D eigenvalue weighted by Crippen LogP contribution is -2.62. The number of carbonyl (C=O) groups is 3. The first-order valence-corrected chi connectivity index (χ1v) is 6.57. The van der Waals surface area contributed by atoms with Gasteiger partial charge in [-0.1, -0.05) is 19.4 Å². The second-order valence-corrected chi connectivity index (χ2v) is 5.00. The molecule has 0 radical (unpaired) electrons. The molecule has 6 heteroatoms. The fraction of sp³-hybridized carbons (Fsp3) is 0.615. The van der Waals surface area contributed by atoms with Gasteiger partial charge in [0.2, 0.25) is 11.8 Å². The SMILES string of the molecule is CCC1(C2=CC(O)CCCC2)C(=O)NC(=O)NC1=O. The lowest BCUT2D eigenvalue weighted by molar-refractivity contribution is -0.142. The van der Waals surface area contributed by atoms with Crippen LogP contribution in [0, 0.1) is 5.41 Å². The minimum Gasteiger partial charge on any atom is -0.389 e. The van der Waals surface area contributed by atoms with Gasteiger partial charge in [0.25, 0.3) is 0 Å². The first kappa shape index (κ1) is 13.7. The Kier molecular flexibility index (Phi) is 3.71. The van der Waals surface area contributed by atoms with Crippen LogP contribution in [0.4, 0.5) is 4.79 Å². The van der Waals surface area contributed by atoms with Crippen LogP contribution in [0.5, 0.6) is 0 Å². The van der Waals surface area contributed by atoms with Gasteiger partial charge < -0.3 is 5.11 Å². The van der Waals surface area contributed by atoms with Crippen molar-refractivity contribution in [2.75, 3.05) is 0 Å². The van der Waals surface area contributed by atoms with E-state index in [9.17, 15) is 19.5 Å². The molecule has 0 saturated carbocycles. The van der Waals surface area contributed by atoms with Crippen LogP contribution in [-0.2, 0) is 9.59 Å². The third kappa shape index (κ3) is 2.28. The van der Waals surface area contributed by atoms with E-state index < -0.39 is 29.4 Å². The Balaban J connectivity index is 2.43. The molecule has 19 heavy (non-hydrogen) atoms. The molecule has 1 aliphatic carbocycles. The Morgan fingerprint density at radius 2 is 1.89 bits per heavy atom. The summed E-state index contributed by atoms with van der Waals surface area (Å²) in [5.74, 6) is -1.19. The van der Waals surface area contributed by atoms with Gasteiger partial charge in [-0.2, -0.15) is 0 Å². The molecule has 4 amide bonds. The zero-order chi connectivity index (χ0) is 14.0. The first-order valence-electron chi connectivity index (χ1n) is 6.57. The first-order chi connectivity index (χ1) is 9.00. The molecular weight excluding hydrogens is 248 g/mol. The molecule has 1 fully saturated rings. The van der Waals surface area contributed by atoms with E-state index in [1.807, 2.05) is 0 Å². The van der Waals surface area contributed by atoms with Crippen molar-refractivity contribution in [2.45, 2.75) is 45.1 Å². The van der Waals surface area contributed by atoms with Crippen molar-refractivity contribution in [3.8, 4) is 0 Å². The lowest BCUT2D eigenvalue weighted by atomic mass is 9.73. The van der Waals surface area contributed by atoms with Gasteiger partial charge in [0.05, 0.1) is 6.10 Å². The largest absolute Gasteiger partial charge is 0.389 e. The summed E-state index contributed by atoms with van der Waals surface area (Å²) in [7, 11) is 0. The van der Waals surface area contributed by atoms with Crippen molar-refractivity contribution in [1.29, 1.82) is 0 Å². The van der Waals surface area contributed by atoms with Gasteiger partial charge in [-0.15, -0.1) is 0 Å². The predicted molar refractivity (Wildman–Crippen MR) is 67.0 cm³/mol. The van der Waals surface area contributed by atoms with Crippen molar-refractivity contribution < 1.29 is 19.5 Å². The number of hydrogen-bond acceptors (Lipinski definition) is 4. The van der Waals surface area contributed by atoms with Crippen LogP contribution in [0.3, 0.4) is 0 Å². The summed E-state index contributed by atoms with van der Waals surface area (Å²) in [6.07, 6.45) is 4.11. The summed E-state index contributed by atoms with van der Waals surface area (Å²) in [6.45, 7) is 1.73. The molecule has 0 spiro atoms. The molecule has 6 nitrogen and oxygen atoms in total. The molecule has 2 aliphatic rings. The van der Waals surface area contributed by atoms with E-state index in [-0.39, 0.29) is 6.42 Å². The molecule has 0 bridgehead atoms. The second kappa shape index (κ2) is 5.13. The molecule has 3 N–H and O–H groups in total. The van der Waals surface area contributed by atoms with Gasteiger partial charge in [-0.05, 0) is 31.3 Å². The Labute approximate surface area is 111 Å². The number of urea groups is 1. The number of imide groups is 2. The minimum atomic E-state index is -1.36. The zero-order valence-corrected chi connectivity index (χ0v) is 10.9. The Bertz CT molecular complexity index is 436. The van der Waals surface area contributed by atoms with Gasteiger partial charge in [-0.3, -0.25) is 20.2 Å². The smallest absolute Gasteiger partial charge is 0.328 e. The van der Waals surface area contributed by atoms with E-state index >= 15 is 0 Å². The molecule has 1 unspecified atom stereocenters. The maximum Gasteiger partial charge on any atom is 0.328 e. The molecule has 2 rings (SSSR count). The van der Waals surface area contributed by atoms with Gasteiger partial charge in [0.15, 0.2) is 0 Å². The summed E-state index contributed by atoms with van der Waals surface area (Å²) in [4.78, 5) is 35.5. The van der Waals surface area contributed by atoms with E-state index in [1.54, 1.807) is 13.0 Å². The second-order valence-electron chi connectivity index (χ2n) is 5.00. The third-order valence-corrected chi connectivity index (χ3v) is 3.90. The van der Waals surface area contributed by atoms with Gasteiger partial charge >= 0.3 is 6.03 Å². The highest BCUT2D eigenvalue weighted by Gasteiger charge is 2.51. The van der Waals surface area contributed by atoms with Crippen LogP contribution in [0.2, 0.25) is 0 Å². The van der Waals surface area contributed by atoms with Crippen LogP contribution in [-0.4, -0.2) is 29.1 Å². The highest BCUT2D eigenvalue weighted by Crippen LogP contribution is 2.38. The molecular formula is C13H18N2O4. The van der Waals surface area contributed by atoms with E-state index in [0.717, 1.165) is 12.8 Å². The number of hydrogen-bond donors (Lipinski definition) is 3. The molecule has 104 valence electrons. The maximum absolute atomic E-state index is 12.2. The van der Waals surface area contributed by atoms with Crippen molar-refractivity contribution in [3.05, 3.63) is 11.6 Å². The summed E-state index contributed by atoms with van der Waals surface area (Å²) in [6, 6.07) is -0.783. The zero-order valence-electron chi connectivity index (χ0n) is 10.9. The molecule has 0 aromatic heterocycles. The minimum absolute atomic E-state index is 0.260. The van der Waals surface area contributed by atoms with Crippen molar-refractivity contribution in [3.63, 3.8) is 0 Å². The summed E-state index contributed by atoms with van der Waals surface area (Å²) < 4.78 is 0. The number of amides is 4. The number of aliphatic hydroxyl groups is 1. The third-order valence-electron chi connectivity index (χ3n) is 3.90. The van der Waals surface area contributed by atoms with Crippen LogP contribution < -0.4 is 10.6 Å². The van der Waals surface area contributed by atoms with Crippen molar-refractivity contribution in [2.24, 2.45) is 5.41 Å². The Morgan fingerprint density at radius 1 is 1.26 bits per heavy atom. The van der Waals surface area contributed by atoms with E-state index in [0.29, 0.717) is 18.4 Å². The quantitative estimate of drug-likeness (QED) is 0.504. The normalized spacial score (nSPS) is 27.2. The van der Waals surface area contributed by atoms with Gasteiger partial charge in [0, 0.05) is 0 Å². The highest BCUT2D eigenvalue weighted by molar-refractivity contribution is 6.21. The van der Waals surface area contributed by atoms with Crippen LogP contribution in [0.1, 0.15) is 39.0 Å². The van der Waals surface area contributed by atoms with E-state index in [2.05, 4.69) is 10.6 Å². The average molecular weight is 266 g/mol. The molecule has 1 atom stereocenters. The Morgan fingerprint density at radius 3 is 2.47 bits per heavy atom. The summed E-state index contributed by atoms with van der Waals surface area (Å²) >= 11 is 0. The van der Waals surface area contributed by atoms with E-state index in [1.165, 1.54) is 0 Å². The molecule has 1 heterocycles. The summed E-state index contributed by atoms with van der Waals surface area (Å²) in [5.41, 5.74) is -0.748. The van der Waals surface area contributed by atoms with Gasteiger partial charge in [0.1, 0.15) is 5.41 Å². The maximum atomic E-state index is 12.2. The molecule has 1 aliphatic heterocycles. The number of carbonyl (C=O) groups excluding carboxylic acids is 3. The van der Waals surface area contributed by atoms with Crippen molar-refractivity contribution in [1.82, 2.24) is 10.6 Å². The van der Waals surface area contributed by atoms with Crippen LogP contribution >= 0.6 is 0 Å². The summed E-state index contributed by atoms with van der Waals surface area (Å²) in [5, 5.41) is 14.1. The van der Waals surface area contributed by atoms with Crippen molar-refractivity contribution >= 4 is 17.8 Å². The highest BCUT2D eigenvalue weighted by atomic mass is 16.3. The number of rotatable bonds is 2. The van der Waals surface area contributed by atoms with E-state index in [4.69, 9.17) is 0 Å². The number of aliphatic hydroxyl groups excluding tert-OH is 1. The average Bonchev–Trinajstić information content (AvgIpc) is 2.54. The standard InChI is InChI=1S/C13H18N2O4/c1-2-13(8-5-3-4-6-9(16)7-8)10(17)14-12(19)15-11(13)18/h7,9,16H,2-6H2,1H3,(H2,14,15,17,18,19). The predicted octanol–water partition coefficient (Wildman–Crippen LogP) is 0.610. The topological polar surface area (TPSA) is 95.5 Å². The fourth-order valence-electron chi connectivity index (χ4n) is 2.82. The Hall–Kier alpha value is -1.69. The number of barbiturate groups is 1. The molecule has 1 saturated heterocycles. The van der Waals surface area contributed by atoms with Crippen LogP contribution in [0.25, 0.3) is 0 Å². The molecule has 0 aromatic rings. The fourth-order valence-corrected chi connectivity index (χ4v) is 2.82. The van der Waals surface area contributed by atoms with Crippen LogP contribution in [0.15, 0.2) is 11.6 Å². The monoisotopic (exact) mass is 266 g/mol. The number of nitrogens with one attached hydrogen (secondary N) is 2. The van der Waals surface area contributed by atoms with Gasteiger partial charge in [-0.25, -0.2) is 4.79 Å².